The molecule has 0 saturated carbocycles. The van der Waals surface area contributed by atoms with E-state index in [1.807, 2.05) is 6.92 Å². The first kappa shape index (κ1) is 23.9. The average molecular weight is 431 g/mol. The molecule has 1 aliphatic rings. The number of thioether (sulfide) groups is 1. The normalized spacial score (nSPS) is 13.4. The minimum Gasteiger partial charge on any atom is -0.496 e. The van der Waals surface area contributed by atoms with E-state index in [9.17, 15) is 14.4 Å². The van der Waals surface area contributed by atoms with Gasteiger partial charge >= 0.3 is 0 Å². The molecule has 0 saturated heterocycles. The van der Waals surface area contributed by atoms with Crippen LogP contribution in [-0.4, -0.2) is 36.7 Å². The average Bonchev–Trinajstić information content (AvgIpc) is 2.74. The van der Waals surface area contributed by atoms with Crippen LogP contribution in [0.25, 0.3) is 0 Å². The molecule has 2 rings (SSSR count). The summed E-state index contributed by atoms with van der Waals surface area (Å²) in [6.07, 6.45) is 9.80. The zero-order valence-electron chi connectivity index (χ0n) is 18.2. The third-order valence-electron chi connectivity index (χ3n) is 4.98. The first-order valence-electron chi connectivity index (χ1n) is 10.3. The van der Waals surface area contributed by atoms with Gasteiger partial charge in [-0.15, -0.1) is 0 Å². The molecule has 6 heteroatoms. The molecule has 0 aliphatic heterocycles. The maximum absolute atomic E-state index is 12.4. The number of ketones is 2. The maximum atomic E-state index is 12.4. The lowest BCUT2D eigenvalue weighted by Gasteiger charge is -2.19. The van der Waals surface area contributed by atoms with Crippen LogP contribution in [0.2, 0.25) is 0 Å². The lowest BCUT2D eigenvalue weighted by Crippen LogP contribution is -2.16. The fourth-order valence-corrected chi connectivity index (χ4v) is 4.18. The summed E-state index contributed by atoms with van der Waals surface area (Å²) in [5, 5.41) is 0.244. The van der Waals surface area contributed by atoms with Crippen LogP contribution in [0.15, 0.2) is 29.9 Å². The molecule has 1 aromatic carbocycles. The van der Waals surface area contributed by atoms with Crippen molar-refractivity contribution in [1.82, 2.24) is 0 Å². The second kappa shape index (κ2) is 11.7. The summed E-state index contributed by atoms with van der Waals surface area (Å²) in [6, 6.07) is 1.77. The summed E-state index contributed by atoms with van der Waals surface area (Å²) in [5.74, 6) is 0.986. The lowest BCUT2D eigenvalue weighted by molar-refractivity contribution is -0.111. The third-order valence-corrected chi connectivity index (χ3v) is 6.10. The summed E-state index contributed by atoms with van der Waals surface area (Å²) in [5.41, 5.74) is 2.49. The van der Waals surface area contributed by atoms with Crippen molar-refractivity contribution in [2.45, 2.75) is 52.4 Å². The van der Waals surface area contributed by atoms with Gasteiger partial charge in [0.15, 0.2) is 16.7 Å². The smallest absolute Gasteiger partial charge is 0.190 e. The van der Waals surface area contributed by atoms with Crippen molar-refractivity contribution in [2.75, 3.05) is 20.0 Å². The van der Waals surface area contributed by atoms with Crippen molar-refractivity contribution in [1.29, 1.82) is 0 Å². The van der Waals surface area contributed by atoms with Crippen molar-refractivity contribution < 1.29 is 23.9 Å². The van der Waals surface area contributed by atoms with E-state index in [1.165, 1.54) is 38.1 Å². The monoisotopic (exact) mass is 430 g/mol. The number of carbonyl (C=O) groups is 3. The molecule has 30 heavy (non-hydrogen) atoms. The van der Waals surface area contributed by atoms with Crippen molar-refractivity contribution >= 4 is 28.4 Å². The predicted molar refractivity (Wildman–Crippen MR) is 121 cm³/mol. The van der Waals surface area contributed by atoms with Gasteiger partial charge in [-0.05, 0) is 50.0 Å². The van der Waals surface area contributed by atoms with Gasteiger partial charge in [0, 0.05) is 12.2 Å². The fraction of sp³-hybridized carbons (Fsp3) is 0.458. The number of allylic oxidation sites excluding steroid dienone is 3. The Morgan fingerprint density at radius 1 is 1.07 bits per heavy atom. The van der Waals surface area contributed by atoms with Crippen LogP contribution < -0.4 is 9.47 Å². The number of ether oxygens (including phenoxy) is 2. The highest BCUT2D eigenvalue weighted by atomic mass is 32.2. The second-order valence-electron chi connectivity index (χ2n) is 7.29. The highest BCUT2D eigenvalue weighted by molar-refractivity contribution is 8.13. The molecule has 162 valence electrons. The number of methoxy groups -OCH3 is 2. The topological polar surface area (TPSA) is 69.7 Å². The third kappa shape index (κ3) is 6.08. The van der Waals surface area contributed by atoms with Gasteiger partial charge in [0.1, 0.15) is 11.5 Å². The van der Waals surface area contributed by atoms with Gasteiger partial charge in [0.05, 0.1) is 25.3 Å². The van der Waals surface area contributed by atoms with Gasteiger partial charge in [0.25, 0.3) is 0 Å². The maximum Gasteiger partial charge on any atom is 0.190 e. The van der Waals surface area contributed by atoms with Crippen LogP contribution in [0.5, 0.6) is 11.5 Å². The number of unbranched alkanes of at least 4 members (excludes halogenated alkanes) is 2. The zero-order valence-corrected chi connectivity index (χ0v) is 19.0. The van der Waals surface area contributed by atoms with Gasteiger partial charge < -0.3 is 9.47 Å². The first-order chi connectivity index (χ1) is 14.4. The summed E-state index contributed by atoms with van der Waals surface area (Å²) >= 11 is 1.37. The molecule has 0 spiro atoms. The number of fused-ring (bicyclic) bond motifs is 1. The summed E-state index contributed by atoms with van der Waals surface area (Å²) in [7, 11) is 2.99. The van der Waals surface area contributed by atoms with Crippen LogP contribution in [0, 0.1) is 0 Å². The number of benzene rings is 1. The first-order valence-corrected chi connectivity index (χ1v) is 11.3. The highest BCUT2D eigenvalue weighted by Crippen LogP contribution is 2.38. The van der Waals surface area contributed by atoms with Gasteiger partial charge in [0.2, 0.25) is 0 Å². The van der Waals surface area contributed by atoms with E-state index >= 15 is 0 Å². The molecule has 0 unspecified atom stereocenters. The van der Waals surface area contributed by atoms with Crippen molar-refractivity contribution in [3.05, 3.63) is 46.6 Å². The van der Waals surface area contributed by atoms with E-state index in [-0.39, 0.29) is 27.8 Å². The van der Waals surface area contributed by atoms with Crippen molar-refractivity contribution in [3.8, 4) is 11.5 Å². The quantitative estimate of drug-likeness (QED) is 0.348. The SMILES string of the molecule is CCCCCC(=O)SCC(C)=CCCc1cc(OC)c2c(c1OC)C(=O)C=CC2=O. The van der Waals surface area contributed by atoms with E-state index in [0.29, 0.717) is 30.1 Å². The second-order valence-corrected chi connectivity index (χ2v) is 8.32. The highest BCUT2D eigenvalue weighted by Gasteiger charge is 2.29. The summed E-state index contributed by atoms with van der Waals surface area (Å²) in [4.78, 5) is 36.6. The van der Waals surface area contributed by atoms with Gasteiger partial charge in [-0.3, -0.25) is 14.4 Å². The molecule has 1 aromatic rings. The minimum absolute atomic E-state index is 0.244. The molecular weight excluding hydrogens is 400 g/mol. The van der Waals surface area contributed by atoms with Crippen LogP contribution in [0.1, 0.15) is 72.2 Å². The molecule has 0 aromatic heterocycles. The molecule has 0 bridgehead atoms. The molecule has 1 aliphatic carbocycles. The van der Waals surface area contributed by atoms with E-state index in [0.717, 1.165) is 36.8 Å². The minimum atomic E-state index is -0.261. The molecule has 0 N–H and O–H groups in total. The molecule has 0 atom stereocenters. The summed E-state index contributed by atoms with van der Waals surface area (Å²) in [6.45, 7) is 4.14. The molecule has 0 amide bonds. The Balaban J connectivity index is 2.08. The molecular formula is C24H30O5S. The predicted octanol–water partition coefficient (Wildman–Crippen LogP) is 5.36. The summed E-state index contributed by atoms with van der Waals surface area (Å²) < 4.78 is 10.9. The van der Waals surface area contributed by atoms with Crippen LogP contribution >= 0.6 is 11.8 Å². The van der Waals surface area contributed by atoms with Crippen LogP contribution in [-0.2, 0) is 11.2 Å². The fourth-order valence-electron chi connectivity index (χ4n) is 3.39. The number of carbonyl (C=O) groups excluding carboxylic acids is 3. The number of hydrogen-bond acceptors (Lipinski definition) is 6. The number of rotatable bonds is 11. The Labute approximate surface area is 182 Å². The lowest BCUT2D eigenvalue weighted by atomic mass is 9.89. The molecule has 5 nitrogen and oxygen atoms in total. The van der Waals surface area contributed by atoms with Gasteiger partial charge in [-0.25, -0.2) is 0 Å². The van der Waals surface area contributed by atoms with Crippen LogP contribution in [0.3, 0.4) is 0 Å². The largest absolute Gasteiger partial charge is 0.496 e. The standard InChI is InChI=1S/C24H30O5S/c1-5-6-7-11-21(27)30-15-16(2)9-8-10-17-14-20(28-3)22-18(25)12-13-19(26)23(22)24(17)29-4/h9,12-14H,5-8,10-11,15H2,1-4H3. The van der Waals surface area contributed by atoms with Gasteiger partial charge in [-0.2, -0.15) is 0 Å². The van der Waals surface area contributed by atoms with E-state index < -0.39 is 0 Å². The van der Waals surface area contributed by atoms with E-state index in [2.05, 4.69) is 13.0 Å². The van der Waals surface area contributed by atoms with Crippen molar-refractivity contribution in [2.24, 2.45) is 0 Å². The molecule has 0 heterocycles. The number of hydrogen-bond donors (Lipinski definition) is 0. The molecule has 0 fully saturated rings. The van der Waals surface area contributed by atoms with E-state index in [1.54, 1.807) is 6.07 Å². The Morgan fingerprint density at radius 2 is 1.77 bits per heavy atom. The zero-order chi connectivity index (χ0) is 22.1. The Bertz CT molecular complexity index is 867. The number of aryl methyl sites for hydroxylation is 1. The van der Waals surface area contributed by atoms with Gasteiger partial charge in [-0.1, -0.05) is 43.2 Å². The Hall–Kier alpha value is -2.34. The Morgan fingerprint density at radius 3 is 2.40 bits per heavy atom. The van der Waals surface area contributed by atoms with Crippen LogP contribution in [0.4, 0.5) is 0 Å². The molecule has 0 radical (unpaired) electrons. The van der Waals surface area contributed by atoms with Crippen molar-refractivity contribution in [3.63, 3.8) is 0 Å². The Kier molecular flexibility index (Phi) is 9.37. The van der Waals surface area contributed by atoms with E-state index in [4.69, 9.17) is 9.47 Å².